The first-order chi connectivity index (χ1) is 26.9. The largest absolute Gasteiger partial charge is 0.496 e. The van der Waals surface area contributed by atoms with Gasteiger partial charge in [0.1, 0.15) is 11.5 Å². The van der Waals surface area contributed by atoms with E-state index in [2.05, 4.69) is 55.0 Å². The smallest absolute Gasteiger partial charge is 0.253 e. The first-order valence-corrected chi connectivity index (χ1v) is 20.3. The molecule has 1 aromatic carbocycles. The van der Waals surface area contributed by atoms with Crippen molar-refractivity contribution in [1.29, 1.82) is 5.26 Å². The molecule has 4 rings (SSSR count). The third-order valence-corrected chi connectivity index (χ3v) is 11.4. The fourth-order valence-electron chi connectivity index (χ4n) is 7.51. The number of nitriles is 1. The van der Waals surface area contributed by atoms with Crippen LogP contribution in [0.3, 0.4) is 0 Å². The highest BCUT2D eigenvalue weighted by atomic mass is 19.1. The van der Waals surface area contributed by atoms with Crippen LogP contribution in [-0.4, -0.2) is 91.4 Å². The first-order valence-electron chi connectivity index (χ1n) is 20.3. The average molecular weight is 786 g/mol. The second-order valence-corrected chi connectivity index (χ2v) is 16.5. The van der Waals surface area contributed by atoms with Crippen molar-refractivity contribution < 1.29 is 18.7 Å². The average Bonchev–Trinajstić information content (AvgIpc) is 4.00. The van der Waals surface area contributed by atoms with Gasteiger partial charge in [0.2, 0.25) is 5.91 Å². The van der Waals surface area contributed by atoms with Crippen molar-refractivity contribution in [3.05, 3.63) is 93.0 Å². The molecule has 2 fully saturated rings. The van der Waals surface area contributed by atoms with E-state index in [1.807, 2.05) is 20.0 Å². The fourth-order valence-corrected chi connectivity index (χ4v) is 7.51. The van der Waals surface area contributed by atoms with E-state index in [0.29, 0.717) is 38.0 Å². The van der Waals surface area contributed by atoms with Gasteiger partial charge in [0.05, 0.1) is 32.5 Å². The minimum atomic E-state index is -0.753. The molecule has 2 aliphatic rings. The fraction of sp³-hybridized carbons (Fsp3) is 0.553. The zero-order valence-corrected chi connectivity index (χ0v) is 36.7. The Morgan fingerprint density at radius 1 is 1.09 bits per heavy atom. The van der Waals surface area contributed by atoms with Crippen LogP contribution < -0.4 is 15.0 Å². The maximum atomic E-state index is 13.7. The van der Waals surface area contributed by atoms with Gasteiger partial charge in [-0.05, 0) is 79.5 Å². The number of carbonyl (C=O) groups is 1. The number of methoxy groups -OCH3 is 2. The topological polar surface area (TPSA) is 91.0 Å². The lowest BCUT2D eigenvalue weighted by Gasteiger charge is -2.31. The number of nitrogens with zero attached hydrogens (tertiary/aromatic N) is 5. The minimum Gasteiger partial charge on any atom is -0.496 e. The highest BCUT2D eigenvalue weighted by Gasteiger charge is 2.49. The van der Waals surface area contributed by atoms with Crippen LogP contribution in [0.5, 0.6) is 11.5 Å². The van der Waals surface area contributed by atoms with Crippen molar-refractivity contribution in [2.45, 2.75) is 99.1 Å². The molecule has 0 unspecified atom stereocenters. The van der Waals surface area contributed by atoms with Gasteiger partial charge in [-0.25, -0.2) is 0 Å². The SMILES string of the molecule is C=C/C(C/C(C#N)=C/C(C)(C)CF)=C(/CCN(C)C(C)=O)C(=C)CN1CCN(Cc2c(OC)cc(-c3cn(C)c(=O)c(C)c3C)cc2OC)C2(CC1)CC2.CCC. The van der Waals surface area contributed by atoms with Crippen LogP contribution in [0.25, 0.3) is 11.1 Å². The molecule has 9 nitrogen and oxygen atoms in total. The van der Waals surface area contributed by atoms with E-state index in [1.165, 1.54) is 6.42 Å². The molecule has 1 aromatic heterocycles. The Labute approximate surface area is 342 Å². The number of ether oxygens (including phenoxy) is 2. The van der Waals surface area contributed by atoms with Gasteiger partial charge in [-0.2, -0.15) is 5.26 Å². The van der Waals surface area contributed by atoms with Crippen molar-refractivity contribution >= 4 is 5.91 Å². The number of aryl methyl sites for hydroxylation is 1. The maximum absolute atomic E-state index is 13.7. The van der Waals surface area contributed by atoms with E-state index in [1.54, 1.807) is 70.7 Å². The zero-order valence-electron chi connectivity index (χ0n) is 36.7. The van der Waals surface area contributed by atoms with Crippen LogP contribution in [0.1, 0.15) is 89.8 Å². The molecule has 0 bridgehead atoms. The quantitative estimate of drug-likeness (QED) is 0.124. The Morgan fingerprint density at radius 3 is 2.21 bits per heavy atom. The molecule has 0 N–H and O–H groups in total. The van der Waals surface area contributed by atoms with E-state index in [9.17, 15) is 19.2 Å². The molecule has 1 saturated heterocycles. The van der Waals surface area contributed by atoms with Crippen LogP contribution >= 0.6 is 0 Å². The van der Waals surface area contributed by atoms with Crippen LogP contribution in [-0.2, 0) is 18.4 Å². The number of carbonyl (C=O) groups excluding carboxylic acids is 1. The molecule has 10 heteroatoms. The number of amides is 1. The Bertz CT molecular complexity index is 1900. The zero-order chi connectivity index (χ0) is 42.7. The summed E-state index contributed by atoms with van der Waals surface area (Å²) >= 11 is 0. The molecule has 2 heterocycles. The summed E-state index contributed by atoms with van der Waals surface area (Å²) in [5, 5.41) is 9.98. The molecule has 312 valence electrons. The summed E-state index contributed by atoms with van der Waals surface area (Å²) in [5.74, 6) is 1.48. The first kappa shape index (κ1) is 46.9. The van der Waals surface area contributed by atoms with Crippen molar-refractivity contribution in [3.8, 4) is 28.7 Å². The lowest BCUT2D eigenvalue weighted by atomic mass is 9.88. The van der Waals surface area contributed by atoms with Gasteiger partial charge in [0.25, 0.3) is 5.56 Å². The van der Waals surface area contributed by atoms with Gasteiger partial charge >= 0.3 is 0 Å². The second-order valence-electron chi connectivity index (χ2n) is 16.5. The number of hydrogen-bond donors (Lipinski definition) is 0. The van der Waals surface area contributed by atoms with Crippen molar-refractivity contribution in [2.75, 3.05) is 60.7 Å². The summed E-state index contributed by atoms with van der Waals surface area (Å²) in [4.78, 5) is 31.4. The number of benzene rings is 1. The van der Waals surface area contributed by atoms with Crippen LogP contribution in [0.2, 0.25) is 0 Å². The number of rotatable bonds is 16. The Morgan fingerprint density at radius 2 is 1.70 bits per heavy atom. The predicted octanol–water partition coefficient (Wildman–Crippen LogP) is 8.89. The molecule has 2 aromatic rings. The number of aromatic nitrogens is 1. The summed E-state index contributed by atoms with van der Waals surface area (Å²) in [6.45, 7) is 25.7. The lowest BCUT2D eigenvalue weighted by molar-refractivity contribution is -0.127. The molecule has 57 heavy (non-hydrogen) atoms. The standard InChI is InChI=1S/C44H60FN5O4.C3H8/c1-12-35(21-34(25-46)24-43(6,7)29-45)37(13-17-47(8)33(5)51)30(2)26-49-18-16-44(14-15-44)50(20-19-49)28-39-40(53-10)22-36(23-41(39)54-11)38-27-48(9)42(52)32(4)31(38)3;1-3-2/h12,22-24,27H,1-2,13-21,26,28-29H2,3-11H3;3H2,1-2H3/b34-24-,37-35+;. The molecular weight excluding hydrogens is 718 g/mol. The molecule has 1 aliphatic carbocycles. The molecule has 1 aliphatic heterocycles. The van der Waals surface area contributed by atoms with Gasteiger partial charge in [-0.3, -0.25) is 23.8 Å². The van der Waals surface area contributed by atoms with Gasteiger partial charge in [-0.1, -0.05) is 59.4 Å². The second kappa shape index (κ2) is 20.8. The predicted molar refractivity (Wildman–Crippen MR) is 231 cm³/mol. The van der Waals surface area contributed by atoms with Gasteiger partial charge in [-0.15, -0.1) is 0 Å². The van der Waals surface area contributed by atoms with Gasteiger partial charge in [0.15, 0.2) is 0 Å². The highest BCUT2D eigenvalue weighted by Crippen LogP contribution is 2.48. The van der Waals surface area contributed by atoms with Crippen molar-refractivity contribution in [3.63, 3.8) is 0 Å². The minimum absolute atomic E-state index is 0.00568. The summed E-state index contributed by atoms with van der Waals surface area (Å²) < 4.78 is 27.3. The molecule has 0 radical (unpaired) electrons. The van der Waals surface area contributed by atoms with Crippen LogP contribution in [0, 0.1) is 30.6 Å². The molecular formula is C47H68FN5O4. The summed E-state index contributed by atoms with van der Waals surface area (Å²) in [6, 6.07) is 6.38. The van der Waals surface area contributed by atoms with Gasteiger partial charge < -0.3 is 18.9 Å². The van der Waals surface area contributed by atoms with Crippen molar-refractivity contribution in [1.82, 2.24) is 19.3 Å². The summed E-state index contributed by atoms with van der Waals surface area (Å²) in [5.41, 5.74) is 7.18. The number of alkyl halides is 1. The molecule has 1 saturated carbocycles. The van der Waals surface area contributed by atoms with Crippen molar-refractivity contribution in [2.24, 2.45) is 12.5 Å². The normalized spacial score (nSPS) is 16.1. The number of halogens is 1. The van der Waals surface area contributed by atoms with E-state index in [-0.39, 0.29) is 17.0 Å². The third kappa shape index (κ3) is 12.0. The third-order valence-electron chi connectivity index (χ3n) is 11.4. The van der Waals surface area contributed by atoms with Crippen LogP contribution in [0.4, 0.5) is 4.39 Å². The van der Waals surface area contributed by atoms with E-state index in [4.69, 9.17) is 9.47 Å². The summed E-state index contributed by atoms with van der Waals surface area (Å²) in [6.07, 6.45) is 10.8. The Hall–Kier alpha value is -4.46. The van der Waals surface area contributed by atoms with E-state index < -0.39 is 12.1 Å². The summed E-state index contributed by atoms with van der Waals surface area (Å²) in [7, 11) is 6.94. The van der Waals surface area contributed by atoms with Gasteiger partial charge in [0, 0.05) is 101 Å². The Balaban J connectivity index is 0.00000281. The number of pyridine rings is 1. The maximum Gasteiger partial charge on any atom is 0.253 e. The Kier molecular flexibility index (Phi) is 17.1. The molecule has 1 spiro atoms. The van der Waals surface area contributed by atoms with E-state index in [0.717, 1.165) is 94.9 Å². The highest BCUT2D eigenvalue weighted by molar-refractivity contribution is 5.73. The number of allylic oxidation sites excluding steroid dienone is 4. The lowest BCUT2D eigenvalue weighted by Crippen LogP contribution is -2.38. The van der Waals surface area contributed by atoms with Crippen LogP contribution in [0.15, 0.2) is 70.7 Å². The molecule has 0 atom stereocenters. The number of hydrogen-bond acceptors (Lipinski definition) is 7. The molecule has 1 amide bonds. The van der Waals surface area contributed by atoms with E-state index >= 15 is 0 Å². The monoisotopic (exact) mass is 786 g/mol.